The first-order chi connectivity index (χ1) is 11.6. The Balaban J connectivity index is 1.79. The summed E-state index contributed by atoms with van der Waals surface area (Å²) in [5, 5.41) is 11.1. The van der Waals surface area contributed by atoms with Gasteiger partial charge >= 0.3 is 0 Å². The molecule has 2 aromatic rings. The molecule has 0 bridgehead atoms. The van der Waals surface area contributed by atoms with Gasteiger partial charge in [-0.2, -0.15) is 0 Å². The van der Waals surface area contributed by atoms with Crippen LogP contribution in [0.3, 0.4) is 0 Å². The molecule has 0 aliphatic carbocycles. The van der Waals surface area contributed by atoms with E-state index in [2.05, 4.69) is 21.9 Å². The number of nitro benzene ring substituents is 1. The molecule has 1 saturated heterocycles. The van der Waals surface area contributed by atoms with Gasteiger partial charge in [0.1, 0.15) is 5.56 Å². The number of aldehydes is 1. The summed E-state index contributed by atoms with van der Waals surface area (Å²) >= 11 is 6.25. The minimum atomic E-state index is -0.591. The van der Waals surface area contributed by atoms with Crippen molar-refractivity contribution in [3.63, 3.8) is 0 Å². The van der Waals surface area contributed by atoms with Gasteiger partial charge in [0.05, 0.1) is 15.6 Å². The number of halogens is 1. The predicted octanol–water partition coefficient (Wildman–Crippen LogP) is 3.39. The molecule has 24 heavy (non-hydrogen) atoms. The maximum absolute atomic E-state index is 11.2. The summed E-state index contributed by atoms with van der Waals surface area (Å²) in [5.74, 6) is 0. The third-order valence-corrected chi connectivity index (χ3v) is 4.59. The highest BCUT2D eigenvalue weighted by molar-refractivity contribution is 6.36. The average Bonchev–Trinajstić information content (AvgIpc) is 2.62. The minimum absolute atomic E-state index is 0.0651. The van der Waals surface area contributed by atoms with Crippen LogP contribution >= 0.6 is 11.6 Å². The predicted molar refractivity (Wildman–Crippen MR) is 94.4 cm³/mol. The van der Waals surface area contributed by atoms with E-state index in [9.17, 15) is 14.9 Å². The topological polar surface area (TPSA) is 66.7 Å². The Morgan fingerprint density at radius 3 is 2.21 bits per heavy atom. The van der Waals surface area contributed by atoms with Crippen LogP contribution in [0.1, 0.15) is 10.4 Å². The SMILES string of the molecule is O=Cc1c([N+](=O)[O-])ccc(N2CCN(c3ccccc3)CC2)c1Cl. The summed E-state index contributed by atoms with van der Waals surface area (Å²) in [6, 6.07) is 13.1. The summed E-state index contributed by atoms with van der Waals surface area (Å²) in [4.78, 5) is 25.9. The molecule has 7 heteroatoms. The lowest BCUT2D eigenvalue weighted by Crippen LogP contribution is -2.46. The van der Waals surface area contributed by atoms with Crippen molar-refractivity contribution in [2.24, 2.45) is 0 Å². The van der Waals surface area contributed by atoms with Crippen molar-refractivity contribution in [3.05, 3.63) is 63.2 Å². The Morgan fingerprint density at radius 2 is 1.62 bits per heavy atom. The van der Waals surface area contributed by atoms with E-state index in [1.807, 2.05) is 18.2 Å². The molecule has 1 aliphatic rings. The molecule has 1 heterocycles. The first kappa shape index (κ1) is 16.3. The summed E-state index contributed by atoms with van der Waals surface area (Å²) < 4.78 is 0. The number of hydrogen-bond acceptors (Lipinski definition) is 5. The van der Waals surface area contributed by atoms with E-state index in [0.29, 0.717) is 12.0 Å². The number of nitro groups is 1. The number of para-hydroxylation sites is 1. The van der Waals surface area contributed by atoms with E-state index >= 15 is 0 Å². The Kier molecular flexibility index (Phi) is 4.66. The van der Waals surface area contributed by atoms with Gasteiger partial charge in [0.25, 0.3) is 5.69 Å². The first-order valence-electron chi connectivity index (χ1n) is 7.59. The van der Waals surface area contributed by atoms with Crippen LogP contribution in [0.15, 0.2) is 42.5 Å². The summed E-state index contributed by atoms with van der Waals surface area (Å²) in [7, 11) is 0. The lowest BCUT2D eigenvalue weighted by molar-refractivity contribution is -0.385. The smallest absolute Gasteiger partial charge is 0.281 e. The van der Waals surface area contributed by atoms with E-state index < -0.39 is 4.92 Å². The van der Waals surface area contributed by atoms with Gasteiger partial charge in [-0.1, -0.05) is 29.8 Å². The second-order valence-corrected chi connectivity index (χ2v) is 5.89. The lowest BCUT2D eigenvalue weighted by Gasteiger charge is -2.37. The molecule has 0 spiro atoms. The third kappa shape index (κ3) is 3.05. The normalized spacial score (nSPS) is 14.5. The number of carbonyl (C=O) groups excluding carboxylic acids is 1. The second kappa shape index (κ2) is 6.88. The largest absolute Gasteiger partial charge is 0.368 e. The molecule has 3 rings (SSSR count). The molecule has 0 saturated carbocycles. The zero-order valence-electron chi connectivity index (χ0n) is 12.9. The van der Waals surface area contributed by atoms with E-state index in [0.717, 1.165) is 26.2 Å². The molecular weight excluding hydrogens is 330 g/mol. The molecule has 1 aliphatic heterocycles. The van der Waals surface area contributed by atoms with Crippen molar-refractivity contribution >= 4 is 34.9 Å². The number of rotatable bonds is 4. The minimum Gasteiger partial charge on any atom is -0.368 e. The van der Waals surface area contributed by atoms with Crippen LogP contribution in [-0.2, 0) is 0 Å². The third-order valence-electron chi connectivity index (χ3n) is 4.19. The van der Waals surface area contributed by atoms with E-state index in [4.69, 9.17) is 11.6 Å². The second-order valence-electron chi connectivity index (χ2n) is 5.52. The van der Waals surface area contributed by atoms with Crippen LogP contribution in [0.5, 0.6) is 0 Å². The highest BCUT2D eigenvalue weighted by Gasteiger charge is 2.24. The fraction of sp³-hybridized carbons (Fsp3) is 0.235. The molecule has 124 valence electrons. The summed E-state index contributed by atoms with van der Waals surface area (Å²) in [6.07, 6.45) is 0.449. The molecular formula is C17H16ClN3O3. The lowest BCUT2D eigenvalue weighted by atomic mass is 10.1. The van der Waals surface area contributed by atoms with Gasteiger partial charge in [0.15, 0.2) is 6.29 Å². The standard InChI is InChI=1S/C17H16ClN3O3/c18-17-14(12-22)15(21(23)24)6-7-16(17)20-10-8-19(9-11-20)13-4-2-1-3-5-13/h1-7,12H,8-11H2. The van der Waals surface area contributed by atoms with Crippen molar-refractivity contribution in [1.82, 2.24) is 0 Å². The maximum Gasteiger partial charge on any atom is 0.281 e. The first-order valence-corrected chi connectivity index (χ1v) is 7.96. The maximum atomic E-state index is 11.2. The number of anilines is 2. The number of piperazine rings is 1. The zero-order chi connectivity index (χ0) is 17.1. The van der Waals surface area contributed by atoms with Gasteiger partial charge in [-0.15, -0.1) is 0 Å². The van der Waals surface area contributed by atoms with E-state index in [1.54, 1.807) is 6.07 Å². The molecule has 2 aromatic carbocycles. The average molecular weight is 346 g/mol. The van der Waals surface area contributed by atoms with Crippen LogP contribution in [0.25, 0.3) is 0 Å². The molecule has 0 unspecified atom stereocenters. The summed E-state index contributed by atoms with van der Waals surface area (Å²) in [6.45, 7) is 3.08. The quantitative estimate of drug-likeness (QED) is 0.482. The number of hydrogen-bond donors (Lipinski definition) is 0. The van der Waals surface area contributed by atoms with Gasteiger partial charge in [0.2, 0.25) is 0 Å². The molecule has 0 radical (unpaired) electrons. The Labute approximate surface area is 144 Å². The van der Waals surface area contributed by atoms with Crippen molar-refractivity contribution in [2.45, 2.75) is 0 Å². The molecule has 0 aromatic heterocycles. The van der Waals surface area contributed by atoms with Gasteiger partial charge in [-0.25, -0.2) is 0 Å². The molecule has 0 amide bonds. The van der Waals surface area contributed by atoms with Gasteiger partial charge in [-0.05, 0) is 18.2 Å². The van der Waals surface area contributed by atoms with Crippen LogP contribution in [0.4, 0.5) is 17.1 Å². The molecule has 6 nitrogen and oxygen atoms in total. The zero-order valence-corrected chi connectivity index (χ0v) is 13.6. The monoisotopic (exact) mass is 345 g/mol. The fourth-order valence-corrected chi connectivity index (χ4v) is 3.26. The van der Waals surface area contributed by atoms with Crippen LogP contribution in [0, 0.1) is 10.1 Å². The number of benzene rings is 2. The summed E-state index contributed by atoms with van der Waals surface area (Å²) in [5.41, 5.74) is 1.50. The highest BCUT2D eigenvalue weighted by Crippen LogP contribution is 2.35. The van der Waals surface area contributed by atoms with Gasteiger partial charge < -0.3 is 9.80 Å². The van der Waals surface area contributed by atoms with Crippen molar-refractivity contribution in [1.29, 1.82) is 0 Å². The highest BCUT2D eigenvalue weighted by atomic mass is 35.5. The number of nitrogens with zero attached hydrogens (tertiary/aromatic N) is 3. The molecule has 0 N–H and O–H groups in total. The molecule has 1 fully saturated rings. The Morgan fingerprint density at radius 1 is 1.00 bits per heavy atom. The van der Waals surface area contributed by atoms with Gasteiger partial charge in [0, 0.05) is 37.9 Å². The van der Waals surface area contributed by atoms with Crippen LogP contribution in [-0.4, -0.2) is 37.4 Å². The van der Waals surface area contributed by atoms with Crippen molar-refractivity contribution in [2.75, 3.05) is 36.0 Å². The number of carbonyl (C=O) groups is 1. The van der Waals surface area contributed by atoms with Crippen LogP contribution in [0.2, 0.25) is 5.02 Å². The van der Waals surface area contributed by atoms with Gasteiger partial charge in [-0.3, -0.25) is 14.9 Å². The Hall–Kier alpha value is -2.60. The van der Waals surface area contributed by atoms with E-state index in [-0.39, 0.29) is 16.3 Å². The van der Waals surface area contributed by atoms with Crippen molar-refractivity contribution < 1.29 is 9.72 Å². The van der Waals surface area contributed by atoms with Crippen LogP contribution < -0.4 is 9.80 Å². The van der Waals surface area contributed by atoms with Crippen molar-refractivity contribution in [3.8, 4) is 0 Å². The molecule has 0 atom stereocenters. The van der Waals surface area contributed by atoms with E-state index in [1.165, 1.54) is 11.8 Å². The fourth-order valence-electron chi connectivity index (χ4n) is 2.93. The Bertz CT molecular complexity index is 759.